The smallest absolute Gasteiger partial charge is 0.337 e. The molecular formula is C27H24N2O4S. The van der Waals surface area contributed by atoms with E-state index in [0.29, 0.717) is 33.7 Å². The van der Waals surface area contributed by atoms with Crippen LogP contribution in [0.5, 0.6) is 5.75 Å². The molecule has 0 atom stereocenters. The maximum absolute atomic E-state index is 12.9. The van der Waals surface area contributed by atoms with Gasteiger partial charge in [0.15, 0.2) is 5.17 Å². The molecule has 1 heterocycles. The normalized spacial score (nSPS) is 15.7. The monoisotopic (exact) mass is 472 g/mol. The molecule has 0 aliphatic carbocycles. The number of thioether (sulfide) groups is 1. The van der Waals surface area contributed by atoms with Gasteiger partial charge in [-0.25, -0.2) is 9.79 Å². The molecule has 0 N–H and O–H groups in total. The highest BCUT2D eigenvalue weighted by Gasteiger charge is 2.30. The first-order valence-corrected chi connectivity index (χ1v) is 11.5. The van der Waals surface area contributed by atoms with Crippen LogP contribution in [0.2, 0.25) is 0 Å². The van der Waals surface area contributed by atoms with Crippen molar-refractivity contribution in [3.05, 3.63) is 100.0 Å². The predicted molar refractivity (Wildman–Crippen MR) is 135 cm³/mol. The van der Waals surface area contributed by atoms with E-state index < -0.39 is 5.97 Å². The number of hydrogen-bond acceptors (Lipinski definition) is 6. The Morgan fingerprint density at radius 2 is 1.74 bits per heavy atom. The van der Waals surface area contributed by atoms with E-state index in [1.54, 1.807) is 31.3 Å². The van der Waals surface area contributed by atoms with Crippen molar-refractivity contribution < 1.29 is 19.1 Å². The van der Waals surface area contributed by atoms with Crippen molar-refractivity contribution in [2.24, 2.45) is 4.99 Å². The molecule has 0 spiro atoms. The minimum Gasteiger partial charge on any atom is -0.488 e. The van der Waals surface area contributed by atoms with E-state index in [1.807, 2.05) is 49.4 Å². The van der Waals surface area contributed by atoms with Gasteiger partial charge in [0.1, 0.15) is 12.4 Å². The Bertz CT molecular complexity index is 1260. The largest absolute Gasteiger partial charge is 0.488 e. The molecule has 0 bridgehead atoms. The van der Waals surface area contributed by atoms with Crippen LogP contribution in [0, 0.1) is 6.92 Å². The summed E-state index contributed by atoms with van der Waals surface area (Å²) in [5.41, 5.74) is 4.18. The van der Waals surface area contributed by atoms with Crippen molar-refractivity contribution in [2.75, 3.05) is 14.2 Å². The van der Waals surface area contributed by atoms with Crippen molar-refractivity contribution in [2.45, 2.75) is 13.5 Å². The number of hydrogen-bond donors (Lipinski definition) is 0. The number of aryl methyl sites for hydroxylation is 1. The van der Waals surface area contributed by atoms with Gasteiger partial charge in [-0.2, -0.15) is 0 Å². The van der Waals surface area contributed by atoms with Crippen LogP contribution in [-0.2, 0) is 16.1 Å². The lowest BCUT2D eigenvalue weighted by Gasteiger charge is -2.10. The fourth-order valence-corrected chi connectivity index (χ4v) is 4.25. The Morgan fingerprint density at radius 1 is 1.03 bits per heavy atom. The summed E-state index contributed by atoms with van der Waals surface area (Å²) in [4.78, 5) is 31.1. The van der Waals surface area contributed by atoms with Crippen LogP contribution >= 0.6 is 11.8 Å². The highest BCUT2D eigenvalue weighted by atomic mass is 32.2. The first kappa shape index (κ1) is 23.3. The van der Waals surface area contributed by atoms with Crippen molar-refractivity contribution >= 4 is 40.6 Å². The summed E-state index contributed by atoms with van der Waals surface area (Å²) < 4.78 is 10.8. The minimum atomic E-state index is -0.407. The van der Waals surface area contributed by atoms with Gasteiger partial charge in [0.2, 0.25) is 0 Å². The molecule has 3 aromatic carbocycles. The van der Waals surface area contributed by atoms with Gasteiger partial charge in [0.25, 0.3) is 5.91 Å². The molecule has 0 radical (unpaired) electrons. The van der Waals surface area contributed by atoms with Gasteiger partial charge >= 0.3 is 5.97 Å². The van der Waals surface area contributed by atoms with E-state index in [4.69, 9.17) is 9.47 Å². The highest BCUT2D eigenvalue weighted by Crippen LogP contribution is 2.35. The average Bonchev–Trinajstić information content (AvgIpc) is 3.12. The number of nitrogens with zero attached hydrogens (tertiary/aromatic N) is 2. The molecule has 0 saturated carbocycles. The summed E-state index contributed by atoms with van der Waals surface area (Å²) in [5, 5.41) is 0.556. The Hall–Kier alpha value is -3.84. The Kier molecular flexibility index (Phi) is 7.13. The molecule has 4 rings (SSSR count). The fourth-order valence-electron chi connectivity index (χ4n) is 3.27. The van der Waals surface area contributed by atoms with E-state index in [9.17, 15) is 9.59 Å². The second-order valence-corrected chi connectivity index (χ2v) is 8.73. The Balaban J connectivity index is 1.52. The van der Waals surface area contributed by atoms with Crippen LogP contribution in [0.4, 0.5) is 5.69 Å². The van der Waals surface area contributed by atoms with E-state index in [2.05, 4.69) is 17.1 Å². The summed E-state index contributed by atoms with van der Waals surface area (Å²) in [6, 6.07) is 22.6. The number of esters is 1. The molecule has 1 aliphatic rings. The number of carbonyl (C=O) groups is 2. The molecule has 1 amide bonds. The Morgan fingerprint density at radius 3 is 2.44 bits per heavy atom. The number of para-hydroxylation sites is 1. The molecule has 0 unspecified atom stereocenters. The zero-order chi connectivity index (χ0) is 24.1. The van der Waals surface area contributed by atoms with Crippen LogP contribution in [0.3, 0.4) is 0 Å². The lowest BCUT2D eigenvalue weighted by molar-refractivity contribution is -0.121. The number of carbonyl (C=O) groups excluding carboxylic acids is 2. The van der Waals surface area contributed by atoms with Crippen molar-refractivity contribution in [1.29, 1.82) is 0 Å². The van der Waals surface area contributed by atoms with Crippen molar-refractivity contribution in [1.82, 2.24) is 4.90 Å². The van der Waals surface area contributed by atoms with Crippen molar-refractivity contribution in [3.8, 4) is 5.75 Å². The summed E-state index contributed by atoms with van der Waals surface area (Å²) >= 11 is 1.30. The highest BCUT2D eigenvalue weighted by molar-refractivity contribution is 8.18. The molecular weight excluding hydrogens is 448 g/mol. The van der Waals surface area contributed by atoms with Crippen LogP contribution < -0.4 is 4.74 Å². The van der Waals surface area contributed by atoms with Gasteiger partial charge in [-0.3, -0.25) is 9.69 Å². The van der Waals surface area contributed by atoms with Crippen LogP contribution in [0.15, 0.2) is 82.7 Å². The third kappa shape index (κ3) is 5.38. The maximum Gasteiger partial charge on any atom is 0.337 e. The summed E-state index contributed by atoms with van der Waals surface area (Å²) in [7, 11) is 3.03. The molecule has 7 heteroatoms. The van der Waals surface area contributed by atoms with E-state index in [1.165, 1.54) is 29.3 Å². The Labute approximate surface area is 202 Å². The molecule has 0 aromatic heterocycles. The van der Waals surface area contributed by atoms with Crippen LogP contribution in [0.25, 0.3) is 6.08 Å². The third-order valence-corrected chi connectivity index (χ3v) is 6.30. The first-order chi connectivity index (χ1) is 16.4. The number of rotatable bonds is 6. The molecule has 34 heavy (non-hydrogen) atoms. The van der Waals surface area contributed by atoms with Gasteiger partial charge in [-0.1, -0.05) is 48.0 Å². The SMILES string of the molecule is COC(=O)c1ccc(N=C2SC(=Cc3ccccc3OCc3ccc(C)cc3)C(=O)N2C)cc1. The molecule has 3 aromatic rings. The number of methoxy groups -OCH3 is 1. The number of amides is 1. The van der Waals surface area contributed by atoms with E-state index in [-0.39, 0.29) is 5.91 Å². The van der Waals surface area contributed by atoms with Gasteiger partial charge in [0, 0.05) is 12.6 Å². The number of ether oxygens (including phenoxy) is 2. The zero-order valence-electron chi connectivity index (χ0n) is 19.1. The van der Waals surface area contributed by atoms with Crippen molar-refractivity contribution in [3.63, 3.8) is 0 Å². The summed E-state index contributed by atoms with van der Waals surface area (Å²) in [6.45, 7) is 2.49. The molecule has 1 saturated heterocycles. The number of likely N-dealkylation sites (N-methyl/N-ethyl adjacent to an activating group) is 1. The van der Waals surface area contributed by atoms with Gasteiger partial charge in [0.05, 0.1) is 23.3 Å². The lowest BCUT2D eigenvalue weighted by atomic mass is 10.1. The topological polar surface area (TPSA) is 68.2 Å². The number of amidine groups is 1. The zero-order valence-corrected chi connectivity index (χ0v) is 20.0. The molecule has 1 aliphatic heterocycles. The first-order valence-electron chi connectivity index (χ1n) is 10.7. The van der Waals surface area contributed by atoms with Crippen LogP contribution in [-0.4, -0.2) is 36.1 Å². The average molecular weight is 473 g/mol. The van der Waals surface area contributed by atoms with Gasteiger partial charge in [-0.05, 0) is 60.7 Å². The quantitative estimate of drug-likeness (QED) is 0.345. The molecule has 6 nitrogen and oxygen atoms in total. The number of aliphatic imine (C=N–C) groups is 1. The number of benzene rings is 3. The molecule has 1 fully saturated rings. The molecule has 172 valence electrons. The summed E-state index contributed by atoms with van der Waals surface area (Å²) in [5.74, 6) is 0.161. The maximum atomic E-state index is 12.9. The minimum absolute atomic E-state index is 0.136. The van der Waals surface area contributed by atoms with Gasteiger partial charge in [-0.15, -0.1) is 0 Å². The van der Waals surface area contributed by atoms with Gasteiger partial charge < -0.3 is 9.47 Å². The lowest BCUT2D eigenvalue weighted by Crippen LogP contribution is -2.23. The van der Waals surface area contributed by atoms with E-state index >= 15 is 0 Å². The second kappa shape index (κ2) is 10.4. The summed E-state index contributed by atoms with van der Waals surface area (Å²) in [6.07, 6.45) is 1.83. The third-order valence-electron chi connectivity index (χ3n) is 5.24. The van der Waals surface area contributed by atoms with Crippen LogP contribution in [0.1, 0.15) is 27.0 Å². The predicted octanol–water partition coefficient (Wildman–Crippen LogP) is 5.59. The fraction of sp³-hybridized carbons (Fsp3) is 0.148. The standard InChI is InChI=1S/C27H24N2O4S/c1-18-8-10-19(11-9-18)17-33-23-7-5-4-6-21(23)16-24-25(30)29(2)27(34-24)28-22-14-12-20(13-15-22)26(31)32-3/h4-16H,17H2,1-3H3. The van der Waals surface area contributed by atoms with E-state index in [0.717, 1.165) is 11.1 Å². The second-order valence-electron chi connectivity index (χ2n) is 7.72.